The van der Waals surface area contributed by atoms with Gasteiger partial charge in [0, 0.05) is 22.8 Å². The summed E-state index contributed by atoms with van der Waals surface area (Å²) in [5, 5.41) is 2.92. The molecule has 0 saturated heterocycles. The molecule has 0 saturated carbocycles. The molecule has 6 nitrogen and oxygen atoms in total. The second kappa shape index (κ2) is 10.8. The Kier molecular flexibility index (Phi) is 7.24. The van der Waals surface area contributed by atoms with Crippen molar-refractivity contribution in [1.29, 1.82) is 0 Å². The number of carbonyl (C=O) groups is 2. The minimum Gasteiger partial charge on any atom is -0.316 e. The van der Waals surface area contributed by atoms with Crippen molar-refractivity contribution in [1.82, 2.24) is 9.47 Å². The van der Waals surface area contributed by atoms with Crippen molar-refractivity contribution in [2.75, 3.05) is 23.0 Å². The van der Waals surface area contributed by atoms with Crippen LogP contribution in [0.4, 0.5) is 20.6 Å². The maximum absolute atomic E-state index is 14.1. The molecule has 1 aliphatic heterocycles. The average Bonchev–Trinajstić information content (AvgIpc) is 3.41. The molecule has 38 heavy (non-hydrogen) atoms. The van der Waals surface area contributed by atoms with Crippen LogP contribution in [0, 0.1) is 5.82 Å². The first kappa shape index (κ1) is 25.6. The smallest absolute Gasteiger partial charge is 0.316 e. The van der Waals surface area contributed by atoms with E-state index in [1.807, 2.05) is 87.0 Å². The van der Waals surface area contributed by atoms with E-state index in [1.165, 1.54) is 17.0 Å². The zero-order chi connectivity index (χ0) is 26.8. The van der Waals surface area contributed by atoms with Crippen LogP contribution in [0.25, 0.3) is 5.69 Å². The number of aromatic nitrogens is 1. The molecular formula is C30H29FN4O2S. The lowest BCUT2D eigenvalue weighted by Crippen LogP contribution is -2.49. The first-order valence-electron chi connectivity index (χ1n) is 12.4. The van der Waals surface area contributed by atoms with E-state index in [1.54, 1.807) is 28.8 Å². The number of nitrogens with zero attached hydrogens (tertiary/aromatic N) is 3. The van der Waals surface area contributed by atoms with Crippen molar-refractivity contribution >= 4 is 35.1 Å². The zero-order valence-corrected chi connectivity index (χ0v) is 22.3. The molecule has 1 aliphatic rings. The van der Waals surface area contributed by atoms with Gasteiger partial charge in [-0.05, 0) is 86.3 Å². The third kappa shape index (κ3) is 4.91. The number of benzene rings is 3. The molecule has 3 amide bonds. The number of fused-ring (bicyclic) bond motifs is 3. The van der Waals surface area contributed by atoms with Gasteiger partial charge < -0.3 is 14.8 Å². The van der Waals surface area contributed by atoms with Gasteiger partial charge in [0.05, 0.1) is 17.1 Å². The molecule has 1 aromatic heterocycles. The molecule has 194 valence electrons. The van der Waals surface area contributed by atoms with Crippen LogP contribution in [-0.2, 0) is 4.79 Å². The van der Waals surface area contributed by atoms with Crippen molar-refractivity contribution in [3.8, 4) is 5.69 Å². The Hall–Kier alpha value is -4.04. The lowest BCUT2D eigenvalue weighted by atomic mass is 9.97. The van der Waals surface area contributed by atoms with Gasteiger partial charge in [0.2, 0.25) is 5.91 Å². The molecule has 3 aromatic carbocycles. The second-order valence-corrected chi connectivity index (χ2v) is 10.3. The van der Waals surface area contributed by atoms with Crippen LogP contribution >= 0.6 is 11.8 Å². The Morgan fingerprint density at radius 1 is 0.947 bits per heavy atom. The van der Waals surface area contributed by atoms with Crippen molar-refractivity contribution in [3.05, 3.63) is 108 Å². The molecule has 0 fully saturated rings. The van der Waals surface area contributed by atoms with Crippen molar-refractivity contribution in [2.45, 2.75) is 30.8 Å². The van der Waals surface area contributed by atoms with Gasteiger partial charge in [-0.25, -0.2) is 9.18 Å². The Bertz CT molecular complexity index is 1450. The Balaban J connectivity index is 1.49. The summed E-state index contributed by atoms with van der Waals surface area (Å²) in [5.41, 5.74) is 3.93. The minimum absolute atomic E-state index is 0.126. The molecular weight excluding hydrogens is 499 g/mol. The summed E-state index contributed by atoms with van der Waals surface area (Å²) in [7, 11) is 0. The summed E-state index contributed by atoms with van der Waals surface area (Å²) in [6.07, 6.45) is 3.96. The summed E-state index contributed by atoms with van der Waals surface area (Å²) >= 11 is 1.63. The predicted octanol–water partition coefficient (Wildman–Crippen LogP) is 6.72. The molecule has 1 unspecified atom stereocenters. The SMILES string of the molecule is CSc1ccc(NC(=O)N(CC(=O)N2c3ccccc3-n3cccc3C2c2ccc(F)cc2)C(C)C)cc1. The van der Waals surface area contributed by atoms with E-state index >= 15 is 0 Å². The highest BCUT2D eigenvalue weighted by atomic mass is 32.2. The molecule has 1 atom stereocenters. The highest BCUT2D eigenvalue weighted by Gasteiger charge is 2.37. The van der Waals surface area contributed by atoms with Crippen molar-refractivity contribution < 1.29 is 14.0 Å². The van der Waals surface area contributed by atoms with Gasteiger partial charge in [-0.15, -0.1) is 11.8 Å². The monoisotopic (exact) mass is 528 g/mol. The number of hydrogen-bond acceptors (Lipinski definition) is 3. The van der Waals surface area contributed by atoms with Crippen molar-refractivity contribution in [2.24, 2.45) is 0 Å². The third-order valence-electron chi connectivity index (χ3n) is 6.70. The van der Waals surface area contributed by atoms with Crippen LogP contribution in [0.2, 0.25) is 0 Å². The molecule has 2 heterocycles. The molecule has 4 aromatic rings. The summed E-state index contributed by atoms with van der Waals surface area (Å²) in [4.78, 5) is 31.8. The fourth-order valence-corrected chi connectivity index (χ4v) is 5.21. The summed E-state index contributed by atoms with van der Waals surface area (Å²) < 4.78 is 15.9. The largest absolute Gasteiger partial charge is 0.322 e. The van der Waals surface area contributed by atoms with Crippen molar-refractivity contribution in [3.63, 3.8) is 0 Å². The number of amides is 3. The standard InChI is InChI=1S/C30H29FN4O2S/c1-20(2)34(30(37)32-23-14-16-24(38-3)17-15-23)19-28(36)35-26-8-5-4-7-25(26)33-18-6-9-27(33)29(35)21-10-12-22(31)13-11-21/h4-18,20,29H,19H2,1-3H3,(H,32,37). The number of thioether (sulfide) groups is 1. The second-order valence-electron chi connectivity index (χ2n) is 9.39. The topological polar surface area (TPSA) is 57.6 Å². The van der Waals surface area contributed by atoms with E-state index in [0.717, 1.165) is 27.5 Å². The molecule has 0 bridgehead atoms. The predicted molar refractivity (Wildman–Crippen MR) is 151 cm³/mol. The first-order chi connectivity index (χ1) is 18.4. The Morgan fingerprint density at radius 3 is 2.29 bits per heavy atom. The van der Waals surface area contributed by atoms with Crippen LogP contribution in [-0.4, -0.2) is 40.2 Å². The average molecular weight is 529 g/mol. The van der Waals surface area contributed by atoms with Gasteiger partial charge in [-0.3, -0.25) is 9.69 Å². The van der Waals surface area contributed by atoms with Crippen LogP contribution in [0.15, 0.2) is 96.0 Å². The molecule has 5 rings (SSSR count). The Morgan fingerprint density at radius 2 is 1.63 bits per heavy atom. The fraction of sp³-hybridized carbons (Fsp3) is 0.200. The van der Waals surface area contributed by atoms with Gasteiger partial charge in [-0.1, -0.05) is 24.3 Å². The quantitative estimate of drug-likeness (QED) is 0.283. The van der Waals surface area contributed by atoms with Gasteiger partial charge in [0.25, 0.3) is 0 Å². The van der Waals surface area contributed by atoms with Crippen LogP contribution in [0.1, 0.15) is 31.1 Å². The van der Waals surface area contributed by atoms with E-state index in [0.29, 0.717) is 5.69 Å². The maximum atomic E-state index is 14.1. The maximum Gasteiger partial charge on any atom is 0.322 e. The summed E-state index contributed by atoms with van der Waals surface area (Å²) in [6.45, 7) is 3.64. The van der Waals surface area contributed by atoms with E-state index in [4.69, 9.17) is 0 Å². The zero-order valence-electron chi connectivity index (χ0n) is 21.5. The summed E-state index contributed by atoms with van der Waals surface area (Å²) in [6, 6.07) is 24.3. The normalized spacial score (nSPS) is 14.1. The number of hydrogen-bond donors (Lipinski definition) is 1. The lowest BCUT2D eigenvalue weighted by Gasteiger charge is -2.40. The highest BCUT2D eigenvalue weighted by Crippen LogP contribution is 2.42. The van der Waals surface area contributed by atoms with Crippen LogP contribution in [0.5, 0.6) is 0 Å². The number of anilines is 2. The van der Waals surface area contributed by atoms with Crippen LogP contribution in [0.3, 0.4) is 0 Å². The Labute approximate surface area is 226 Å². The third-order valence-corrected chi connectivity index (χ3v) is 7.45. The van der Waals surface area contributed by atoms with Gasteiger partial charge in [0.1, 0.15) is 18.4 Å². The summed E-state index contributed by atoms with van der Waals surface area (Å²) in [5.74, 6) is -0.577. The van der Waals surface area contributed by atoms with E-state index in [2.05, 4.69) is 9.88 Å². The van der Waals surface area contributed by atoms with Crippen LogP contribution < -0.4 is 10.2 Å². The number of rotatable bonds is 6. The number of halogens is 1. The van der Waals surface area contributed by atoms with E-state index in [-0.39, 0.29) is 30.3 Å². The van der Waals surface area contributed by atoms with Gasteiger partial charge in [-0.2, -0.15) is 0 Å². The molecule has 8 heteroatoms. The number of urea groups is 1. The lowest BCUT2D eigenvalue weighted by molar-refractivity contribution is -0.119. The van der Waals surface area contributed by atoms with E-state index in [9.17, 15) is 14.0 Å². The number of nitrogens with one attached hydrogen (secondary N) is 1. The minimum atomic E-state index is -0.482. The molecule has 0 radical (unpaired) electrons. The van der Waals surface area contributed by atoms with E-state index < -0.39 is 6.04 Å². The highest BCUT2D eigenvalue weighted by molar-refractivity contribution is 7.98. The molecule has 0 spiro atoms. The fourth-order valence-electron chi connectivity index (χ4n) is 4.80. The number of carbonyl (C=O) groups excluding carboxylic acids is 2. The first-order valence-corrected chi connectivity index (χ1v) is 13.7. The van der Waals surface area contributed by atoms with Gasteiger partial charge in [0.15, 0.2) is 0 Å². The van der Waals surface area contributed by atoms with Gasteiger partial charge >= 0.3 is 6.03 Å². The molecule has 0 aliphatic carbocycles. The molecule has 1 N–H and O–H groups in total. The number of para-hydroxylation sites is 2.